The van der Waals surface area contributed by atoms with Gasteiger partial charge in [-0.3, -0.25) is 9.79 Å². The Bertz CT molecular complexity index is 971. The van der Waals surface area contributed by atoms with Gasteiger partial charge in [0.05, 0.1) is 16.9 Å². The molecule has 0 amide bonds. The predicted molar refractivity (Wildman–Crippen MR) is 101 cm³/mol. The Balaban J connectivity index is 2.22. The van der Waals surface area contributed by atoms with Crippen LogP contribution in [0.4, 0.5) is 5.69 Å². The number of pyridine rings is 1. The van der Waals surface area contributed by atoms with Crippen LogP contribution < -0.4 is 0 Å². The minimum absolute atomic E-state index is 0.0430. The zero-order valence-corrected chi connectivity index (χ0v) is 13.8. The van der Waals surface area contributed by atoms with E-state index in [2.05, 4.69) is 11.7 Å². The monoisotopic (exact) mass is 314 g/mol. The zero-order valence-electron chi connectivity index (χ0n) is 13.8. The molecule has 2 aromatic carbocycles. The number of allylic oxidation sites excluding steroid dienone is 1. The van der Waals surface area contributed by atoms with E-state index in [-0.39, 0.29) is 5.78 Å². The molecule has 3 rings (SSSR count). The van der Waals surface area contributed by atoms with Gasteiger partial charge in [-0.1, -0.05) is 48.6 Å². The van der Waals surface area contributed by atoms with Crippen molar-refractivity contribution < 1.29 is 4.79 Å². The van der Waals surface area contributed by atoms with Crippen LogP contribution in [0.25, 0.3) is 28.2 Å². The Morgan fingerprint density at radius 3 is 2.67 bits per heavy atom. The van der Waals surface area contributed by atoms with Crippen LogP contribution in [0.15, 0.2) is 59.6 Å². The molecule has 0 aliphatic carbocycles. The number of fused-ring (bicyclic) bond motifs is 1. The van der Waals surface area contributed by atoms with E-state index in [0.717, 1.165) is 33.4 Å². The number of aromatic nitrogens is 1. The van der Waals surface area contributed by atoms with E-state index in [1.54, 1.807) is 6.92 Å². The third kappa shape index (κ3) is 2.88. The van der Waals surface area contributed by atoms with E-state index in [9.17, 15) is 4.79 Å². The van der Waals surface area contributed by atoms with Crippen LogP contribution in [0.1, 0.15) is 29.8 Å². The maximum atomic E-state index is 11.6. The first-order valence-electron chi connectivity index (χ1n) is 7.78. The minimum Gasteiger partial charge on any atom is -0.295 e. The molecule has 0 spiro atoms. The molecule has 0 aliphatic rings. The molecule has 0 radical (unpaired) electrons. The van der Waals surface area contributed by atoms with Crippen molar-refractivity contribution in [2.75, 3.05) is 0 Å². The Labute approximate surface area is 141 Å². The molecule has 0 saturated heterocycles. The van der Waals surface area contributed by atoms with Gasteiger partial charge in [-0.2, -0.15) is 0 Å². The van der Waals surface area contributed by atoms with E-state index in [0.29, 0.717) is 5.56 Å². The predicted octanol–water partition coefficient (Wildman–Crippen LogP) is 5.47. The standard InChI is InChI=1S/C21H18N2O/c1-4-6-15-9-10-16-11-12-19(23-21(16)20(15)22-3)18-8-5-7-17(13-18)14(2)24/h4-13H,3H2,1-2H3/b6-4-. The SMILES string of the molecule is C=Nc1c(/C=C\C)ccc2ccc(-c3cccc(C(C)=O)c3)nc12. The summed E-state index contributed by atoms with van der Waals surface area (Å²) in [4.78, 5) is 20.6. The van der Waals surface area contributed by atoms with Gasteiger partial charge in [-0.15, -0.1) is 0 Å². The summed E-state index contributed by atoms with van der Waals surface area (Å²) in [6, 6.07) is 15.5. The normalized spacial score (nSPS) is 11.1. The number of hydrogen-bond donors (Lipinski definition) is 0. The fourth-order valence-electron chi connectivity index (χ4n) is 2.73. The molecule has 24 heavy (non-hydrogen) atoms. The second-order valence-corrected chi connectivity index (χ2v) is 5.57. The molecular formula is C21H18N2O. The zero-order chi connectivity index (χ0) is 17.1. The summed E-state index contributed by atoms with van der Waals surface area (Å²) in [5.74, 6) is 0.0430. The summed E-state index contributed by atoms with van der Waals surface area (Å²) in [6.45, 7) is 7.23. The molecular weight excluding hydrogens is 296 g/mol. The van der Waals surface area contributed by atoms with Gasteiger partial charge in [-0.25, -0.2) is 4.98 Å². The van der Waals surface area contributed by atoms with E-state index < -0.39 is 0 Å². The smallest absolute Gasteiger partial charge is 0.159 e. The average Bonchev–Trinajstić information content (AvgIpc) is 2.61. The number of carbonyl (C=O) groups excluding carboxylic acids is 1. The third-order valence-corrected chi connectivity index (χ3v) is 3.94. The Morgan fingerprint density at radius 1 is 1.17 bits per heavy atom. The maximum absolute atomic E-state index is 11.6. The van der Waals surface area contributed by atoms with Crippen molar-refractivity contribution in [1.29, 1.82) is 0 Å². The first kappa shape index (κ1) is 15.8. The fourth-order valence-corrected chi connectivity index (χ4v) is 2.73. The highest BCUT2D eigenvalue weighted by Crippen LogP contribution is 2.31. The molecule has 0 bridgehead atoms. The lowest BCUT2D eigenvalue weighted by Gasteiger charge is -2.08. The van der Waals surface area contributed by atoms with Crippen molar-refractivity contribution in [3.05, 3.63) is 65.7 Å². The highest BCUT2D eigenvalue weighted by atomic mass is 16.1. The van der Waals surface area contributed by atoms with Crippen molar-refractivity contribution in [3.63, 3.8) is 0 Å². The van der Waals surface area contributed by atoms with Crippen LogP contribution in [-0.4, -0.2) is 17.5 Å². The second kappa shape index (κ2) is 6.59. The largest absolute Gasteiger partial charge is 0.295 e. The number of benzene rings is 2. The molecule has 3 aromatic rings. The molecule has 118 valence electrons. The van der Waals surface area contributed by atoms with Gasteiger partial charge in [0, 0.05) is 22.1 Å². The van der Waals surface area contributed by atoms with Gasteiger partial charge < -0.3 is 0 Å². The summed E-state index contributed by atoms with van der Waals surface area (Å²) < 4.78 is 0. The first-order valence-corrected chi connectivity index (χ1v) is 7.78. The number of ketones is 1. The summed E-state index contributed by atoms with van der Waals surface area (Å²) in [5, 5.41) is 1.01. The van der Waals surface area contributed by atoms with Crippen molar-refractivity contribution in [3.8, 4) is 11.3 Å². The van der Waals surface area contributed by atoms with E-state index in [4.69, 9.17) is 4.98 Å². The maximum Gasteiger partial charge on any atom is 0.159 e. The van der Waals surface area contributed by atoms with Crippen molar-refractivity contribution in [1.82, 2.24) is 4.98 Å². The number of nitrogens with zero attached hydrogens (tertiary/aromatic N) is 2. The van der Waals surface area contributed by atoms with Crippen LogP contribution in [0, 0.1) is 0 Å². The fraction of sp³-hybridized carbons (Fsp3) is 0.0952. The molecule has 0 fully saturated rings. The highest BCUT2D eigenvalue weighted by Gasteiger charge is 2.09. The van der Waals surface area contributed by atoms with Gasteiger partial charge in [0.15, 0.2) is 5.78 Å². The summed E-state index contributed by atoms with van der Waals surface area (Å²) in [7, 11) is 0. The number of rotatable bonds is 4. The minimum atomic E-state index is 0.0430. The van der Waals surface area contributed by atoms with Gasteiger partial charge in [0.25, 0.3) is 0 Å². The topological polar surface area (TPSA) is 42.3 Å². The van der Waals surface area contributed by atoms with Gasteiger partial charge in [0.1, 0.15) is 0 Å². The van der Waals surface area contributed by atoms with Gasteiger partial charge >= 0.3 is 0 Å². The molecule has 3 heteroatoms. The lowest BCUT2D eigenvalue weighted by atomic mass is 10.0. The Morgan fingerprint density at radius 2 is 1.96 bits per heavy atom. The second-order valence-electron chi connectivity index (χ2n) is 5.57. The first-order chi connectivity index (χ1) is 11.6. The lowest BCUT2D eigenvalue weighted by Crippen LogP contribution is -1.93. The summed E-state index contributed by atoms with van der Waals surface area (Å²) >= 11 is 0. The number of hydrogen-bond acceptors (Lipinski definition) is 3. The molecule has 0 atom stereocenters. The average molecular weight is 314 g/mol. The van der Waals surface area contributed by atoms with Crippen molar-refractivity contribution in [2.24, 2.45) is 4.99 Å². The molecule has 1 heterocycles. The molecule has 0 saturated carbocycles. The number of Topliss-reactive ketones (excluding diaryl/α,β-unsaturated/α-hetero) is 1. The summed E-state index contributed by atoms with van der Waals surface area (Å²) in [5.41, 5.74) is 4.98. The molecule has 1 aromatic heterocycles. The van der Waals surface area contributed by atoms with E-state index >= 15 is 0 Å². The van der Waals surface area contributed by atoms with Crippen LogP contribution >= 0.6 is 0 Å². The van der Waals surface area contributed by atoms with Crippen molar-refractivity contribution >= 4 is 35.2 Å². The van der Waals surface area contributed by atoms with E-state index in [1.165, 1.54) is 0 Å². The summed E-state index contributed by atoms with van der Waals surface area (Å²) in [6.07, 6.45) is 3.96. The highest BCUT2D eigenvalue weighted by molar-refractivity contribution is 5.97. The van der Waals surface area contributed by atoms with Crippen LogP contribution in [0.5, 0.6) is 0 Å². The third-order valence-electron chi connectivity index (χ3n) is 3.94. The van der Waals surface area contributed by atoms with Crippen LogP contribution in [0.3, 0.4) is 0 Å². The molecule has 0 aliphatic heterocycles. The number of carbonyl (C=O) groups is 1. The van der Waals surface area contributed by atoms with E-state index in [1.807, 2.05) is 67.6 Å². The van der Waals surface area contributed by atoms with Crippen LogP contribution in [0.2, 0.25) is 0 Å². The molecule has 0 N–H and O–H groups in total. The lowest BCUT2D eigenvalue weighted by molar-refractivity contribution is 0.101. The van der Waals surface area contributed by atoms with Crippen molar-refractivity contribution in [2.45, 2.75) is 13.8 Å². The quantitative estimate of drug-likeness (QED) is 0.473. The molecule has 0 unspecified atom stereocenters. The van der Waals surface area contributed by atoms with Gasteiger partial charge in [0.2, 0.25) is 0 Å². The van der Waals surface area contributed by atoms with Gasteiger partial charge in [-0.05, 0) is 32.7 Å². The van der Waals surface area contributed by atoms with Crippen LogP contribution in [-0.2, 0) is 0 Å². The Hall–Kier alpha value is -3.07. The molecule has 3 nitrogen and oxygen atoms in total. The number of aliphatic imine (C=N–C) groups is 1. The Kier molecular flexibility index (Phi) is 4.34.